The van der Waals surface area contributed by atoms with Crippen molar-refractivity contribution in [1.29, 1.82) is 0 Å². The Balaban J connectivity index is 0.00000261. The Morgan fingerprint density at radius 3 is 2.78 bits per heavy atom. The lowest BCUT2D eigenvalue weighted by Gasteiger charge is -2.23. The maximum Gasteiger partial charge on any atom is 0.193 e. The molecule has 0 unspecified atom stereocenters. The number of guanidine groups is 1. The van der Waals surface area contributed by atoms with Crippen LogP contribution in [-0.4, -0.2) is 36.0 Å². The second kappa shape index (κ2) is 9.92. The van der Waals surface area contributed by atoms with Crippen molar-refractivity contribution < 1.29 is 4.74 Å². The van der Waals surface area contributed by atoms with Crippen LogP contribution >= 0.6 is 24.0 Å². The molecule has 27 heavy (non-hydrogen) atoms. The molecule has 1 fully saturated rings. The molecule has 2 heterocycles. The molecule has 0 bridgehead atoms. The van der Waals surface area contributed by atoms with Gasteiger partial charge in [0.05, 0.1) is 5.69 Å². The molecule has 0 radical (unpaired) electrons. The molecule has 2 aromatic rings. The molecule has 1 aliphatic rings. The van der Waals surface area contributed by atoms with Crippen LogP contribution in [0.1, 0.15) is 31.5 Å². The summed E-state index contributed by atoms with van der Waals surface area (Å²) in [7, 11) is 1.85. The zero-order chi connectivity index (χ0) is 18.4. The molecule has 1 N–H and O–H groups in total. The summed E-state index contributed by atoms with van der Waals surface area (Å²) in [6.07, 6.45) is 2.98. The highest BCUT2D eigenvalue weighted by molar-refractivity contribution is 14.0. The van der Waals surface area contributed by atoms with Gasteiger partial charge in [0.15, 0.2) is 5.96 Å². The molecule has 0 atom stereocenters. The average molecular weight is 480 g/mol. The topological polar surface area (TPSA) is 49.8 Å². The highest BCUT2D eigenvalue weighted by atomic mass is 127. The molecule has 0 saturated carbocycles. The molecule has 5 nitrogen and oxygen atoms in total. The number of hydrogen-bond donors (Lipinski definition) is 1. The molecule has 1 saturated heterocycles. The van der Waals surface area contributed by atoms with Crippen LogP contribution in [-0.2, 0) is 13.2 Å². The fraction of sp³-hybridized carbons (Fsp3) is 0.429. The summed E-state index contributed by atoms with van der Waals surface area (Å²) in [5.74, 6) is 1.82. The first kappa shape index (κ1) is 21.5. The van der Waals surface area contributed by atoms with Crippen LogP contribution in [0.2, 0.25) is 0 Å². The Morgan fingerprint density at radius 2 is 2.11 bits per heavy atom. The molecule has 0 spiro atoms. The molecule has 3 rings (SSSR count). The second-order valence-corrected chi connectivity index (χ2v) is 7.49. The van der Waals surface area contributed by atoms with Gasteiger partial charge in [0, 0.05) is 32.9 Å². The maximum absolute atomic E-state index is 5.86. The van der Waals surface area contributed by atoms with Crippen molar-refractivity contribution in [2.45, 2.75) is 33.4 Å². The van der Waals surface area contributed by atoms with E-state index in [2.05, 4.69) is 46.2 Å². The van der Waals surface area contributed by atoms with E-state index in [4.69, 9.17) is 4.74 Å². The van der Waals surface area contributed by atoms with E-state index in [-0.39, 0.29) is 24.0 Å². The van der Waals surface area contributed by atoms with Gasteiger partial charge >= 0.3 is 0 Å². The molecule has 0 aliphatic carbocycles. The smallest absolute Gasteiger partial charge is 0.193 e. The van der Waals surface area contributed by atoms with Gasteiger partial charge in [0.2, 0.25) is 0 Å². The monoisotopic (exact) mass is 480 g/mol. The van der Waals surface area contributed by atoms with Crippen molar-refractivity contribution in [1.82, 2.24) is 15.2 Å². The van der Waals surface area contributed by atoms with Crippen LogP contribution < -0.4 is 10.1 Å². The number of hydrogen-bond acceptors (Lipinski definition) is 3. The number of aromatic nitrogens is 1. The minimum Gasteiger partial charge on any atom is -0.487 e. The first-order valence-electron chi connectivity index (χ1n) is 9.13. The Kier molecular flexibility index (Phi) is 7.89. The van der Waals surface area contributed by atoms with Crippen LogP contribution in [0.5, 0.6) is 5.75 Å². The molecule has 6 heteroatoms. The van der Waals surface area contributed by atoms with Gasteiger partial charge < -0.3 is 15.0 Å². The summed E-state index contributed by atoms with van der Waals surface area (Å²) >= 11 is 0. The van der Waals surface area contributed by atoms with Crippen molar-refractivity contribution in [2.75, 3.05) is 20.1 Å². The first-order valence-corrected chi connectivity index (χ1v) is 9.13. The zero-order valence-electron chi connectivity index (χ0n) is 16.3. The van der Waals surface area contributed by atoms with Crippen LogP contribution in [0.4, 0.5) is 0 Å². The fourth-order valence-electron chi connectivity index (χ4n) is 3.19. The second-order valence-electron chi connectivity index (χ2n) is 7.49. The summed E-state index contributed by atoms with van der Waals surface area (Å²) in [6.45, 7) is 7.91. The van der Waals surface area contributed by atoms with Crippen molar-refractivity contribution >= 4 is 29.9 Å². The van der Waals surface area contributed by atoms with E-state index < -0.39 is 0 Å². The molecule has 1 aromatic heterocycles. The Hall–Kier alpha value is -1.83. The summed E-state index contributed by atoms with van der Waals surface area (Å²) in [4.78, 5) is 11.1. The van der Waals surface area contributed by atoms with Gasteiger partial charge in [-0.25, -0.2) is 0 Å². The first-order chi connectivity index (χ1) is 12.6. The maximum atomic E-state index is 5.86. The number of rotatable bonds is 5. The number of likely N-dealkylation sites (tertiary alicyclic amines) is 1. The van der Waals surface area contributed by atoms with Gasteiger partial charge in [-0.2, -0.15) is 0 Å². The summed E-state index contributed by atoms with van der Waals surface area (Å²) < 4.78 is 5.86. The average Bonchev–Trinajstić information content (AvgIpc) is 3.01. The van der Waals surface area contributed by atoms with Crippen molar-refractivity contribution in [3.8, 4) is 5.75 Å². The van der Waals surface area contributed by atoms with E-state index in [1.165, 1.54) is 12.0 Å². The zero-order valence-corrected chi connectivity index (χ0v) is 18.6. The number of pyridine rings is 1. The number of halogens is 1. The lowest BCUT2D eigenvalue weighted by molar-refractivity contribution is 0.301. The van der Waals surface area contributed by atoms with Gasteiger partial charge in [-0.1, -0.05) is 32.0 Å². The minimum absolute atomic E-state index is 0. The molecular formula is C21H29IN4O. The fourth-order valence-corrected chi connectivity index (χ4v) is 3.19. The molecular weight excluding hydrogens is 451 g/mol. The lowest BCUT2D eigenvalue weighted by Crippen LogP contribution is -2.40. The molecule has 0 amide bonds. The highest BCUT2D eigenvalue weighted by Gasteiger charge is 2.30. The Morgan fingerprint density at radius 1 is 1.26 bits per heavy atom. The van der Waals surface area contributed by atoms with Crippen LogP contribution in [0.3, 0.4) is 0 Å². The third kappa shape index (κ3) is 6.37. The third-order valence-electron chi connectivity index (χ3n) is 4.65. The van der Waals surface area contributed by atoms with Gasteiger partial charge in [-0.3, -0.25) is 9.98 Å². The van der Waals surface area contributed by atoms with Gasteiger partial charge in [0.1, 0.15) is 12.4 Å². The van der Waals surface area contributed by atoms with E-state index in [0.717, 1.165) is 37.0 Å². The van der Waals surface area contributed by atoms with E-state index in [1.54, 1.807) is 6.20 Å². The summed E-state index contributed by atoms with van der Waals surface area (Å²) in [5, 5.41) is 3.47. The van der Waals surface area contributed by atoms with Crippen LogP contribution in [0.15, 0.2) is 53.7 Å². The quantitative estimate of drug-likeness (QED) is 0.398. The molecule has 1 aliphatic heterocycles. The predicted molar refractivity (Wildman–Crippen MR) is 121 cm³/mol. The molecule has 1 aromatic carbocycles. The van der Waals surface area contributed by atoms with E-state index in [9.17, 15) is 0 Å². The number of aliphatic imine (C=N–C) groups is 1. The van der Waals surface area contributed by atoms with Gasteiger partial charge in [0.25, 0.3) is 0 Å². The number of nitrogens with one attached hydrogen (secondary N) is 1. The van der Waals surface area contributed by atoms with Gasteiger partial charge in [-0.05, 0) is 41.7 Å². The minimum atomic E-state index is 0. The largest absolute Gasteiger partial charge is 0.487 e. The normalized spacial score (nSPS) is 16.0. The number of ether oxygens (including phenoxy) is 1. The summed E-state index contributed by atoms with van der Waals surface area (Å²) in [5.41, 5.74) is 2.45. The summed E-state index contributed by atoms with van der Waals surface area (Å²) in [6, 6.07) is 14.0. The SMILES string of the molecule is CN=C(NCc1cccc(OCc2ccccn2)c1)N1CCC(C)(C)C1.I. The van der Waals surface area contributed by atoms with E-state index >= 15 is 0 Å². The number of nitrogens with zero attached hydrogens (tertiary/aromatic N) is 3. The van der Waals surface area contributed by atoms with Crippen molar-refractivity contribution in [3.05, 3.63) is 59.9 Å². The van der Waals surface area contributed by atoms with E-state index in [1.807, 2.05) is 37.4 Å². The third-order valence-corrected chi connectivity index (χ3v) is 4.65. The van der Waals surface area contributed by atoms with E-state index in [0.29, 0.717) is 12.0 Å². The highest BCUT2D eigenvalue weighted by Crippen LogP contribution is 2.28. The predicted octanol–water partition coefficient (Wildman–Crippen LogP) is 4.09. The lowest BCUT2D eigenvalue weighted by atomic mass is 9.93. The van der Waals surface area contributed by atoms with Gasteiger partial charge in [-0.15, -0.1) is 24.0 Å². The van der Waals surface area contributed by atoms with Crippen LogP contribution in [0, 0.1) is 5.41 Å². The Bertz CT molecular complexity index is 749. The molecule has 146 valence electrons. The van der Waals surface area contributed by atoms with Crippen LogP contribution in [0.25, 0.3) is 0 Å². The Labute approximate surface area is 179 Å². The number of benzene rings is 1. The van der Waals surface area contributed by atoms with Crippen molar-refractivity contribution in [3.63, 3.8) is 0 Å². The van der Waals surface area contributed by atoms with Crippen molar-refractivity contribution in [2.24, 2.45) is 10.4 Å². The standard InChI is InChI=1S/C21H28N4O.HI/c1-21(2)10-12-25(16-21)20(22-3)24-14-17-7-6-9-19(13-17)26-15-18-8-4-5-11-23-18;/h4-9,11,13H,10,12,14-16H2,1-3H3,(H,22,24);1H.